The van der Waals surface area contributed by atoms with Gasteiger partial charge in [0.05, 0.1) is 11.3 Å². The average Bonchev–Trinajstić information content (AvgIpc) is 3.07. The maximum absolute atomic E-state index is 14.3. The molecular weight excluding hydrogens is 468 g/mol. The van der Waals surface area contributed by atoms with Gasteiger partial charge in [-0.3, -0.25) is 9.59 Å². The summed E-state index contributed by atoms with van der Waals surface area (Å²) in [6.45, 7) is 0.0185. The Morgan fingerprint density at radius 1 is 1.03 bits per heavy atom. The van der Waals surface area contributed by atoms with Crippen LogP contribution in [0.5, 0.6) is 0 Å². The van der Waals surface area contributed by atoms with Gasteiger partial charge >= 0.3 is 6.18 Å². The lowest BCUT2D eigenvalue weighted by molar-refractivity contribution is -0.137. The second kappa shape index (κ2) is 9.13. The first-order valence-corrected chi connectivity index (χ1v) is 11.2. The lowest BCUT2D eigenvalue weighted by Crippen LogP contribution is -2.49. The number of alkyl halides is 3. The Morgan fingerprint density at radius 3 is 2.38 bits per heavy atom. The van der Waals surface area contributed by atoms with Crippen LogP contribution in [0.4, 0.5) is 23.2 Å². The van der Waals surface area contributed by atoms with Gasteiger partial charge in [0.15, 0.2) is 4.75 Å². The number of likely N-dealkylation sites (N-methyl/N-ethyl adjacent to an activating group) is 1. The summed E-state index contributed by atoms with van der Waals surface area (Å²) in [7, 11) is 1.49. The first-order chi connectivity index (χ1) is 16.1. The molecule has 3 aromatic carbocycles. The van der Waals surface area contributed by atoms with Crippen LogP contribution in [0.15, 0.2) is 83.8 Å². The normalized spacial score (nSPS) is 20.4. The van der Waals surface area contributed by atoms with E-state index in [9.17, 15) is 27.2 Å². The number of anilines is 1. The molecule has 1 N–H and O–H groups in total. The van der Waals surface area contributed by atoms with E-state index in [1.54, 1.807) is 30.3 Å². The number of nitrogens with one attached hydrogen (secondary N) is 1. The van der Waals surface area contributed by atoms with Crippen LogP contribution in [-0.4, -0.2) is 35.1 Å². The van der Waals surface area contributed by atoms with Gasteiger partial charge in [-0.25, -0.2) is 4.39 Å². The molecule has 4 nitrogen and oxygen atoms in total. The van der Waals surface area contributed by atoms with Gasteiger partial charge in [-0.15, -0.1) is 0 Å². The molecule has 176 valence electrons. The minimum absolute atomic E-state index is 0.0185. The fraction of sp³-hybridized carbons (Fsp3) is 0.200. The monoisotopic (exact) mass is 488 g/mol. The predicted octanol–water partition coefficient (Wildman–Crippen LogP) is 5.57. The molecule has 1 saturated heterocycles. The van der Waals surface area contributed by atoms with Gasteiger partial charge in [-0.2, -0.15) is 13.2 Å². The zero-order valence-electron chi connectivity index (χ0n) is 18.0. The third-order valence-corrected chi connectivity index (χ3v) is 7.18. The summed E-state index contributed by atoms with van der Waals surface area (Å²) in [5.74, 6) is -2.99. The summed E-state index contributed by atoms with van der Waals surface area (Å²) in [5.41, 5.74) is -0.801. The molecule has 9 heteroatoms. The van der Waals surface area contributed by atoms with E-state index in [1.165, 1.54) is 48.3 Å². The van der Waals surface area contributed by atoms with Crippen molar-refractivity contribution in [2.45, 2.75) is 21.7 Å². The molecule has 0 spiro atoms. The van der Waals surface area contributed by atoms with Crippen LogP contribution in [0.2, 0.25) is 0 Å². The fourth-order valence-electron chi connectivity index (χ4n) is 4.06. The van der Waals surface area contributed by atoms with Gasteiger partial charge in [0.2, 0.25) is 5.91 Å². The van der Waals surface area contributed by atoms with E-state index in [-0.39, 0.29) is 17.8 Å². The lowest BCUT2D eigenvalue weighted by Gasteiger charge is -2.31. The van der Waals surface area contributed by atoms with Crippen LogP contribution < -0.4 is 5.32 Å². The molecule has 1 aliphatic heterocycles. The highest BCUT2D eigenvalue weighted by molar-refractivity contribution is 8.02. The zero-order valence-corrected chi connectivity index (χ0v) is 18.8. The molecule has 1 heterocycles. The molecule has 0 bridgehead atoms. The number of nitrogens with zero attached hydrogens (tertiary/aromatic N) is 1. The van der Waals surface area contributed by atoms with Crippen LogP contribution in [0, 0.1) is 5.82 Å². The largest absolute Gasteiger partial charge is 0.416 e. The Labute approximate surface area is 198 Å². The van der Waals surface area contributed by atoms with Gasteiger partial charge in [0.25, 0.3) is 5.91 Å². The van der Waals surface area contributed by atoms with Crippen molar-refractivity contribution in [3.05, 3.63) is 95.8 Å². The van der Waals surface area contributed by atoms with Crippen molar-refractivity contribution >= 4 is 29.3 Å². The molecule has 34 heavy (non-hydrogen) atoms. The van der Waals surface area contributed by atoms with E-state index in [0.29, 0.717) is 4.90 Å². The lowest BCUT2D eigenvalue weighted by atomic mass is 9.86. The van der Waals surface area contributed by atoms with Crippen LogP contribution in [0.3, 0.4) is 0 Å². The van der Waals surface area contributed by atoms with Crippen molar-refractivity contribution in [2.24, 2.45) is 0 Å². The van der Waals surface area contributed by atoms with E-state index in [2.05, 4.69) is 5.32 Å². The summed E-state index contributed by atoms with van der Waals surface area (Å²) in [5, 5.41) is 2.50. The Balaban J connectivity index is 1.85. The smallest absolute Gasteiger partial charge is 0.343 e. The number of halogens is 4. The molecule has 2 unspecified atom stereocenters. The SMILES string of the molecule is CN1CC(c2cccc(C(F)(F)F)c2)C(Sc2ccccc2)(C(=O)Nc2ccccc2F)C1=O. The highest BCUT2D eigenvalue weighted by Gasteiger charge is 2.60. The maximum atomic E-state index is 14.3. The number of para-hydroxylation sites is 1. The van der Waals surface area contributed by atoms with E-state index in [4.69, 9.17) is 0 Å². The van der Waals surface area contributed by atoms with Crippen molar-refractivity contribution in [1.29, 1.82) is 0 Å². The second-order valence-electron chi connectivity index (χ2n) is 7.95. The number of rotatable bonds is 5. The molecule has 0 aromatic heterocycles. The maximum Gasteiger partial charge on any atom is 0.416 e. The van der Waals surface area contributed by atoms with Crippen LogP contribution in [0.25, 0.3) is 0 Å². The molecule has 2 amide bonds. The minimum Gasteiger partial charge on any atom is -0.343 e. The van der Waals surface area contributed by atoms with Gasteiger partial charge in [-0.1, -0.05) is 60.3 Å². The Bertz CT molecular complexity index is 1220. The number of hydrogen-bond acceptors (Lipinski definition) is 3. The number of carbonyl (C=O) groups excluding carboxylic acids is 2. The van der Waals surface area contributed by atoms with Crippen molar-refractivity contribution in [3.63, 3.8) is 0 Å². The first kappa shape index (κ1) is 23.8. The number of hydrogen-bond donors (Lipinski definition) is 1. The van der Waals surface area contributed by atoms with Crippen molar-refractivity contribution in [3.8, 4) is 0 Å². The van der Waals surface area contributed by atoms with Crippen LogP contribution >= 0.6 is 11.8 Å². The first-order valence-electron chi connectivity index (χ1n) is 10.4. The second-order valence-corrected chi connectivity index (χ2v) is 9.27. The molecular formula is C25H20F4N2O2S. The van der Waals surface area contributed by atoms with Gasteiger partial charge in [-0.05, 0) is 35.9 Å². The van der Waals surface area contributed by atoms with Gasteiger partial charge in [0.1, 0.15) is 5.82 Å². The van der Waals surface area contributed by atoms with E-state index in [1.807, 2.05) is 0 Å². The number of amides is 2. The molecule has 3 aromatic rings. The highest BCUT2D eigenvalue weighted by atomic mass is 32.2. The van der Waals surface area contributed by atoms with Gasteiger partial charge in [0, 0.05) is 24.4 Å². The third-order valence-electron chi connectivity index (χ3n) is 5.71. The molecule has 0 saturated carbocycles. The van der Waals surface area contributed by atoms with E-state index < -0.39 is 40.0 Å². The van der Waals surface area contributed by atoms with Crippen molar-refractivity contribution in [1.82, 2.24) is 4.90 Å². The topological polar surface area (TPSA) is 49.4 Å². The zero-order chi connectivity index (χ0) is 24.5. The van der Waals surface area contributed by atoms with E-state index >= 15 is 0 Å². The molecule has 1 fully saturated rings. The molecule has 4 rings (SSSR count). The van der Waals surface area contributed by atoms with Crippen molar-refractivity contribution < 1.29 is 27.2 Å². The fourth-order valence-corrected chi connectivity index (χ4v) is 5.46. The summed E-state index contributed by atoms with van der Waals surface area (Å²) in [6, 6.07) is 18.8. The quantitative estimate of drug-likeness (QED) is 0.377. The van der Waals surface area contributed by atoms with Gasteiger partial charge < -0.3 is 10.2 Å². The number of likely N-dealkylation sites (tertiary alicyclic amines) is 1. The molecule has 2 atom stereocenters. The Kier molecular flexibility index (Phi) is 6.40. The standard InChI is InChI=1S/C25H20F4N2O2S/c1-31-15-19(16-8-7-9-17(14-16)25(27,28)29)24(23(31)33,34-18-10-3-2-4-11-18)22(32)30-21-13-6-5-12-20(21)26/h2-14,19H,15H2,1H3,(H,30,32). The predicted molar refractivity (Wildman–Crippen MR) is 122 cm³/mol. The summed E-state index contributed by atoms with van der Waals surface area (Å²) in [4.78, 5) is 29.2. The highest BCUT2D eigenvalue weighted by Crippen LogP contribution is 2.50. The molecule has 1 aliphatic rings. The van der Waals surface area contributed by atoms with E-state index in [0.717, 1.165) is 23.9 Å². The molecule has 0 aliphatic carbocycles. The van der Waals surface area contributed by atoms with Crippen molar-refractivity contribution in [2.75, 3.05) is 18.9 Å². The van der Waals surface area contributed by atoms with Crippen LogP contribution in [-0.2, 0) is 15.8 Å². The Hall–Kier alpha value is -3.33. The summed E-state index contributed by atoms with van der Waals surface area (Å²) >= 11 is 0.953. The Morgan fingerprint density at radius 2 is 1.71 bits per heavy atom. The number of benzene rings is 3. The summed E-state index contributed by atoms with van der Waals surface area (Å²) in [6.07, 6.45) is -4.59. The minimum atomic E-state index is -4.59. The number of carbonyl (C=O) groups is 2. The molecule has 0 radical (unpaired) electrons. The van der Waals surface area contributed by atoms with Crippen LogP contribution in [0.1, 0.15) is 17.0 Å². The summed E-state index contributed by atoms with van der Waals surface area (Å²) < 4.78 is 52.8. The number of thioether (sulfide) groups is 1. The third kappa shape index (κ3) is 4.40. The average molecular weight is 489 g/mol.